The highest BCUT2D eigenvalue weighted by atomic mass is 35.5. The molecule has 2 aromatic rings. The Morgan fingerprint density at radius 1 is 0.882 bits per heavy atom. The first-order valence-corrected chi connectivity index (χ1v) is 5.40. The molecule has 86 valence electrons. The van der Waals surface area contributed by atoms with E-state index >= 15 is 0 Å². The summed E-state index contributed by atoms with van der Waals surface area (Å²) < 4.78 is 0. The lowest BCUT2D eigenvalue weighted by atomic mass is 10.0. The van der Waals surface area contributed by atoms with Crippen molar-refractivity contribution in [2.24, 2.45) is 0 Å². The number of carbonyl (C=O) groups is 1. The van der Waals surface area contributed by atoms with E-state index in [0.717, 1.165) is 0 Å². The highest BCUT2D eigenvalue weighted by Crippen LogP contribution is 2.19. The van der Waals surface area contributed by atoms with Gasteiger partial charge >= 0.3 is 0 Å². The van der Waals surface area contributed by atoms with E-state index < -0.39 is 0 Å². The quantitative estimate of drug-likeness (QED) is 0.632. The molecular formula is C13H11ClN2O. The molecule has 4 N–H and O–H groups in total. The highest BCUT2D eigenvalue weighted by molar-refractivity contribution is 6.31. The molecule has 0 spiro atoms. The molecule has 0 heterocycles. The van der Waals surface area contributed by atoms with Gasteiger partial charge in [0.1, 0.15) is 0 Å². The maximum Gasteiger partial charge on any atom is 0.193 e. The normalized spacial score (nSPS) is 10.2. The van der Waals surface area contributed by atoms with Gasteiger partial charge in [-0.05, 0) is 42.5 Å². The van der Waals surface area contributed by atoms with Crippen molar-refractivity contribution in [3.8, 4) is 0 Å². The minimum atomic E-state index is -0.126. The van der Waals surface area contributed by atoms with Crippen molar-refractivity contribution in [3.63, 3.8) is 0 Å². The van der Waals surface area contributed by atoms with Crippen LogP contribution in [-0.4, -0.2) is 5.78 Å². The third-order valence-corrected chi connectivity index (χ3v) is 2.57. The fraction of sp³-hybridized carbons (Fsp3) is 0. The molecule has 2 rings (SSSR count). The minimum Gasteiger partial charge on any atom is -0.399 e. The Morgan fingerprint density at radius 3 is 2.12 bits per heavy atom. The molecule has 0 aliphatic carbocycles. The molecule has 0 saturated carbocycles. The first kappa shape index (κ1) is 11.5. The fourth-order valence-corrected chi connectivity index (χ4v) is 1.79. The second-order valence-corrected chi connectivity index (χ2v) is 4.16. The van der Waals surface area contributed by atoms with Crippen LogP contribution in [0, 0.1) is 0 Å². The fourth-order valence-electron chi connectivity index (χ4n) is 1.54. The van der Waals surface area contributed by atoms with Crippen LogP contribution in [0.25, 0.3) is 0 Å². The predicted molar refractivity (Wildman–Crippen MR) is 70.2 cm³/mol. The van der Waals surface area contributed by atoms with Gasteiger partial charge < -0.3 is 11.5 Å². The molecule has 0 bridgehead atoms. The van der Waals surface area contributed by atoms with Crippen LogP contribution in [0.15, 0.2) is 42.5 Å². The Morgan fingerprint density at radius 2 is 1.53 bits per heavy atom. The molecule has 0 amide bonds. The van der Waals surface area contributed by atoms with Crippen LogP contribution >= 0.6 is 11.6 Å². The summed E-state index contributed by atoms with van der Waals surface area (Å²) >= 11 is 5.85. The lowest BCUT2D eigenvalue weighted by Crippen LogP contribution is -2.02. The van der Waals surface area contributed by atoms with Crippen LogP contribution in [0.5, 0.6) is 0 Å². The predicted octanol–water partition coefficient (Wildman–Crippen LogP) is 2.74. The van der Waals surface area contributed by atoms with Gasteiger partial charge in [-0.15, -0.1) is 0 Å². The average Bonchev–Trinajstić information content (AvgIpc) is 2.28. The number of ketones is 1. The number of rotatable bonds is 2. The van der Waals surface area contributed by atoms with Gasteiger partial charge in [-0.3, -0.25) is 4.79 Å². The summed E-state index contributed by atoms with van der Waals surface area (Å²) in [5.41, 5.74) is 13.3. The van der Waals surface area contributed by atoms with Crippen molar-refractivity contribution in [3.05, 3.63) is 58.6 Å². The Labute approximate surface area is 104 Å². The summed E-state index contributed by atoms with van der Waals surface area (Å²) in [7, 11) is 0. The van der Waals surface area contributed by atoms with Gasteiger partial charge in [0, 0.05) is 27.5 Å². The molecular weight excluding hydrogens is 236 g/mol. The van der Waals surface area contributed by atoms with Crippen LogP contribution in [-0.2, 0) is 0 Å². The smallest absolute Gasteiger partial charge is 0.193 e. The van der Waals surface area contributed by atoms with Gasteiger partial charge in [0.05, 0.1) is 0 Å². The van der Waals surface area contributed by atoms with E-state index in [1.165, 1.54) is 0 Å². The Bertz CT molecular complexity index is 544. The van der Waals surface area contributed by atoms with Crippen LogP contribution < -0.4 is 11.5 Å². The van der Waals surface area contributed by atoms with Crippen molar-refractivity contribution >= 4 is 28.8 Å². The van der Waals surface area contributed by atoms with E-state index in [2.05, 4.69) is 0 Å². The molecule has 0 saturated heterocycles. The van der Waals surface area contributed by atoms with E-state index in [4.69, 9.17) is 23.1 Å². The van der Waals surface area contributed by atoms with Crippen molar-refractivity contribution in [1.82, 2.24) is 0 Å². The van der Waals surface area contributed by atoms with Crippen LogP contribution in [0.1, 0.15) is 15.9 Å². The lowest BCUT2D eigenvalue weighted by molar-refractivity contribution is 0.103. The third-order valence-electron chi connectivity index (χ3n) is 2.36. The monoisotopic (exact) mass is 246 g/mol. The second-order valence-electron chi connectivity index (χ2n) is 3.72. The molecule has 4 heteroatoms. The van der Waals surface area contributed by atoms with Gasteiger partial charge in [-0.25, -0.2) is 0 Å². The van der Waals surface area contributed by atoms with Crippen molar-refractivity contribution in [1.29, 1.82) is 0 Å². The molecule has 0 radical (unpaired) electrons. The van der Waals surface area contributed by atoms with Gasteiger partial charge in [0.25, 0.3) is 0 Å². The Kier molecular flexibility index (Phi) is 3.02. The number of carbonyl (C=O) groups excluding carboxylic acids is 1. The van der Waals surface area contributed by atoms with Crippen molar-refractivity contribution in [2.75, 3.05) is 11.5 Å². The van der Waals surface area contributed by atoms with E-state index in [9.17, 15) is 4.79 Å². The maximum atomic E-state index is 12.1. The number of anilines is 2. The number of nitrogen functional groups attached to an aromatic ring is 2. The standard InChI is InChI=1S/C13H11ClN2O/c14-10-5-9(6-12(16)7-10)13(17)8-1-3-11(15)4-2-8/h1-7H,15-16H2. The molecule has 0 fully saturated rings. The van der Waals surface area contributed by atoms with Gasteiger partial charge in [-0.2, -0.15) is 0 Å². The Hall–Kier alpha value is -2.00. The SMILES string of the molecule is Nc1ccc(C(=O)c2cc(N)cc(Cl)c2)cc1. The molecule has 0 aliphatic heterocycles. The number of hydrogen-bond acceptors (Lipinski definition) is 3. The summed E-state index contributed by atoms with van der Waals surface area (Å²) in [4.78, 5) is 12.1. The van der Waals surface area contributed by atoms with Gasteiger partial charge in [0.15, 0.2) is 5.78 Å². The zero-order valence-corrected chi connectivity index (χ0v) is 9.74. The summed E-state index contributed by atoms with van der Waals surface area (Å²) in [6.07, 6.45) is 0. The third kappa shape index (κ3) is 2.57. The first-order chi connectivity index (χ1) is 8.06. The molecule has 0 unspecified atom stereocenters. The summed E-state index contributed by atoms with van der Waals surface area (Å²) in [5.74, 6) is -0.126. The molecule has 17 heavy (non-hydrogen) atoms. The number of benzene rings is 2. The summed E-state index contributed by atoms with van der Waals surface area (Å²) in [5, 5.41) is 0.448. The van der Waals surface area contributed by atoms with Gasteiger partial charge in [-0.1, -0.05) is 11.6 Å². The minimum absolute atomic E-state index is 0.126. The van der Waals surface area contributed by atoms with Crippen LogP contribution in [0.4, 0.5) is 11.4 Å². The van der Waals surface area contributed by atoms with E-state index in [-0.39, 0.29) is 5.78 Å². The zero-order valence-electron chi connectivity index (χ0n) is 8.98. The van der Waals surface area contributed by atoms with Crippen molar-refractivity contribution in [2.45, 2.75) is 0 Å². The highest BCUT2D eigenvalue weighted by Gasteiger charge is 2.10. The van der Waals surface area contributed by atoms with E-state index in [1.807, 2.05) is 0 Å². The first-order valence-electron chi connectivity index (χ1n) is 5.02. The maximum absolute atomic E-state index is 12.1. The topological polar surface area (TPSA) is 69.1 Å². The summed E-state index contributed by atoms with van der Waals surface area (Å²) in [6.45, 7) is 0. The van der Waals surface area contributed by atoms with Crippen LogP contribution in [0.3, 0.4) is 0 Å². The molecule has 0 aliphatic rings. The largest absolute Gasteiger partial charge is 0.399 e. The number of hydrogen-bond donors (Lipinski definition) is 2. The van der Waals surface area contributed by atoms with Crippen LogP contribution in [0.2, 0.25) is 5.02 Å². The van der Waals surface area contributed by atoms with E-state index in [0.29, 0.717) is 27.5 Å². The zero-order chi connectivity index (χ0) is 12.4. The molecule has 0 atom stereocenters. The molecule has 0 aromatic heterocycles. The Balaban J connectivity index is 2.40. The number of nitrogens with two attached hydrogens (primary N) is 2. The second kappa shape index (κ2) is 4.47. The number of halogens is 1. The summed E-state index contributed by atoms with van der Waals surface area (Å²) in [6, 6.07) is 11.5. The van der Waals surface area contributed by atoms with Gasteiger partial charge in [0.2, 0.25) is 0 Å². The average molecular weight is 247 g/mol. The van der Waals surface area contributed by atoms with E-state index in [1.54, 1.807) is 42.5 Å². The van der Waals surface area contributed by atoms with Crippen molar-refractivity contribution < 1.29 is 4.79 Å². The molecule has 2 aromatic carbocycles. The lowest BCUT2D eigenvalue weighted by Gasteiger charge is -2.04. The molecule has 3 nitrogen and oxygen atoms in total.